The van der Waals surface area contributed by atoms with Crippen LogP contribution in [0.15, 0.2) is 135 Å². The van der Waals surface area contributed by atoms with Gasteiger partial charge in [0.2, 0.25) is 0 Å². The molecule has 0 saturated carbocycles. The standard InChI is InChI=1S/C34H28N6O18S6.Na/c35-31-29(63(53,54)55)13-19-11-23(59(41,42)43)7-9-25(19)33(31)39-37-21-5-3-17(27(15-21)61(47,48)49)1-2-18-4-6-22(16-28(18)62(50,51)52)38-40-34-26-10-8-24(60(44,45)46)12-20(26)14-30(32(34)36)64(56,57)58;/h3-16H,1-2,35-36H2,(H,41,42,43)(H,44,45,46)(H,47,48,49)(H,50,51,52)(H,53,54,55)(H,56,57,58);/q;+1. The van der Waals surface area contributed by atoms with E-state index in [0.29, 0.717) is 0 Å². The number of nitrogens with zero attached hydrogens (tertiary/aromatic N) is 4. The van der Waals surface area contributed by atoms with Crippen LogP contribution >= 0.6 is 0 Å². The van der Waals surface area contributed by atoms with Gasteiger partial charge in [-0.3, -0.25) is 27.3 Å². The molecule has 0 bridgehead atoms. The molecule has 0 aromatic heterocycles. The fourth-order valence-corrected chi connectivity index (χ4v) is 10.1. The Labute approximate surface area is 390 Å². The Morgan fingerprint density at radius 2 is 0.708 bits per heavy atom. The van der Waals surface area contributed by atoms with E-state index < -0.39 is 113 Å². The van der Waals surface area contributed by atoms with Crippen molar-refractivity contribution in [3.8, 4) is 0 Å². The second-order valence-corrected chi connectivity index (χ2v) is 21.8. The van der Waals surface area contributed by atoms with E-state index in [-0.39, 0.29) is 86.4 Å². The summed E-state index contributed by atoms with van der Waals surface area (Å²) in [6, 6.07) is 13.7. The Balaban J connectivity index is 0.00000793. The molecule has 0 unspecified atom stereocenters. The molecular formula is C34H28N6NaO18S6+. The summed E-state index contributed by atoms with van der Waals surface area (Å²) >= 11 is 0. The van der Waals surface area contributed by atoms with Crippen LogP contribution in [0.5, 0.6) is 0 Å². The summed E-state index contributed by atoms with van der Waals surface area (Å²) in [5.41, 5.74) is 8.91. The minimum absolute atomic E-state index is 0. The summed E-state index contributed by atoms with van der Waals surface area (Å²) in [5.74, 6) is 0. The molecule has 0 radical (unpaired) electrons. The van der Waals surface area contributed by atoms with E-state index in [4.69, 9.17) is 11.5 Å². The van der Waals surface area contributed by atoms with Crippen LogP contribution in [0.3, 0.4) is 0 Å². The number of hydrogen-bond donors (Lipinski definition) is 8. The Morgan fingerprint density at radius 1 is 0.385 bits per heavy atom. The average Bonchev–Trinajstić information content (AvgIpc) is 3.16. The van der Waals surface area contributed by atoms with Crippen molar-refractivity contribution in [2.45, 2.75) is 42.2 Å². The van der Waals surface area contributed by atoms with Crippen molar-refractivity contribution in [2.75, 3.05) is 11.5 Å². The maximum absolute atomic E-state index is 12.5. The van der Waals surface area contributed by atoms with Crippen molar-refractivity contribution < 1.29 is 107 Å². The molecule has 31 heteroatoms. The minimum Gasteiger partial charge on any atom is -0.396 e. The first-order chi connectivity index (χ1) is 29.3. The molecule has 0 heterocycles. The molecule has 0 aliphatic carbocycles. The molecule has 0 saturated heterocycles. The molecule has 0 amide bonds. The summed E-state index contributed by atoms with van der Waals surface area (Å²) in [5, 5.41) is 15.1. The van der Waals surface area contributed by atoms with Gasteiger partial charge < -0.3 is 11.5 Å². The molecular weight excluding hydrogens is 996 g/mol. The van der Waals surface area contributed by atoms with Crippen LogP contribution in [0.1, 0.15) is 11.1 Å². The summed E-state index contributed by atoms with van der Waals surface area (Å²) in [6.45, 7) is 0. The topological polar surface area (TPSA) is 428 Å². The van der Waals surface area contributed by atoms with Gasteiger partial charge in [-0.25, -0.2) is 0 Å². The van der Waals surface area contributed by atoms with Crippen molar-refractivity contribution in [1.29, 1.82) is 0 Å². The van der Waals surface area contributed by atoms with E-state index in [2.05, 4.69) is 20.5 Å². The Bertz CT molecular complexity index is 3510. The van der Waals surface area contributed by atoms with E-state index in [1.54, 1.807) is 0 Å². The maximum atomic E-state index is 12.5. The van der Waals surface area contributed by atoms with Crippen molar-refractivity contribution in [3.63, 3.8) is 0 Å². The van der Waals surface area contributed by atoms with E-state index in [1.165, 1.54) is 12.1 Å². The van der Waals surface area contributed by atoms with Gasteiger partial charge in [0.25, 0.3) is 60.7 Å². The van der Waals surface area contributed by atoms with Gasteiger partial charge in [0.15, 0.2) is 0 Å². The molecule has 338 valence electrons. The van der Waals surface area contributed by atoms with Crippen LogP contribution in [0, 0.1) is 0 Å². The number of nitrogens with two attached hydrogens (primary N) is 2. The van der Waals surface area contributed by atoms with Crippen LogP contribution in [0.25, 0.3) is 21.5 Å². The fourth-order valence-electron chi connectivity index (χ4n) is 6.27. The van der Waals surface area contributed by atoms with Crippen LogP contribution in [-0.4, -0.2) is 77.8 Å². The first-order valence-corrected chi connectivity index (χ1v) is 25.6. The second-order valence-electron chi connectivity index (χ2n) is 13.4. The molecule has 65 heavy (non-hydrogen) atoms. The molecule has 0 aliphatic rings. The predicted octanol–water partition coefficient (Wildman–Crippen LogP) is 2.26. The zero-order valence-corrected chi connectivity index (χ0v) is 39.4. The average molecular weight is 1020 g/mol. The fraction of sp³-hybridized carbons (Fsp3) is 0.0588. The van der Waals surface area contributed by atoms with Gasteiger partial charge in [0.05, 0.1) is 42.3 Å². The summed E-state index contributed by atoms with van der Waals surface area (Å²) in [4.78, 5) is -4.66. The number of rotatable bonds is 13. The third-order valence-corrected chi connectivity index (χ3v) is 14.5. The number of hydrogen-bond acceptors (Lipinski definition) is 18. The molecule has 6 rings (SSSR count). The first-order valence-electron chi connectivity index (χ1n) is 17.0. The molecule has 6 aromatic rings. The van der Waals surface area contributed by atoms with Gasteiger partial charge in [0, 0.05) is 10.8 Å². The summed E-state index contributed by atoms with van der Waals surface area (Å²) < 4.78 is 204. The third-order valence-electron chi connectivity index (χ3n) is 9.17. The van der Waals surface area contributed by atoms with Gasteiger partial charge in [0.1, 0.15) is 21.2 Å². The number of fused-ring (bicyclic) bond motifs is 2. The second kappa shape index (κ2) is 18.1. The number of benzene rings is 6. The van der Waals surface area contributed by atoms with Crippen molar-refractivity contribution in [2.24, 2.45) is 20.5 Å². The van der Waals surface area contributed by atoms with Crippen LogP contribution in [0.2, 0.25) is 0 Å². The van der Waals surface area contributed by atoms with E-state index >= 15 is 0 Å². The van der Waals surface area contributed by atoms with E-state index in [9.17, 15) is 77.8 Å². The number of anilines is 2. The van der Waals surface area contributed by atoms with Crippen LogP contribution in [0.4, 0.5) is 34.1 Å². The smallest absolute Gasteiger partial charge is 0.396 e. The molecule has 6 aromatic carbocycles. The summed E-state index contributed by atoms with van der Waals surface area (Å²) in [6.07, 6.45) is -0.674. The largest absolute Gasteiger partial charge is 1.00 e. The monoisotopic (exact) mass is 1020 g/mol. The SMILES string of the molecule is Nc1c(S(=O)(=O)O)cc2cc(S(=O)(=O)O)ccc2c1N=Nc1ccc(CCc2ccc(N=Nc3c(N)c(S(=O)(=O)O)cc4cc(S(=O)(=O)O)ccc34)cc2S(=O)(=O)O)c(S(=O)(=O)O)c1.[Na+]. The van der Waals surface area contributed by atoms with Crippen LogP contribution in [-0.2, 0) is 73.6 Å². The molecule has 24 nitrogen and oxygen atoms in total. The van der Waals surface area contributed by atoms with Gasteiger partial charge in [-0.2, -0.15) is 60.7 Å². The zero-order valence-electron chi connectivity index (χ0n) is 32.5. The van der Waals surface area contributed by atoms with Gasteiger partial charge >= 0.3 is 29.6 Å². The minimum atomic E-state index is -5.07. The van der Waals surface area contributed by atoms with E-state index in [1.807, 2.05) is 0 Å². The van der Waals surface area contributed by atoms with Gasteiger partial charge in [-0.1, -0.05) is 24.3 Å². The van der Waals surface area contributed by atoms with Gasteiger partial charge in [-0.15, -0.1) is 10.2 Å². The molecule has 0 spiro atoms. The van der Waals surface area contributed by atoms with Gasteiger partial charge in [-0.05, 0) is 95.4 Å². The quantitative estimate of drug-likeness (QED) is 0.0356. The van der Waals surface area contributed by atoms with Crippen molar-refractivity contribution in [1.82, 2.24) is 0 Å². The third kappa shape index (κ3) is 11.4. The number of azo groups is 2. The molecule has 10 N–H and O–H groups in total. The zero-order chi connectivity index (χ0) is 47.5. The van der Waals surface area contributed by atoms with Crippen molar-refractivity contribution in [3.05, 3.63) is 96.1 Å². The Hall–Kier alpha value is -4.90. The maximum Gasteiger partial charge on any atom is 1.00 e. The van der Waals surface area contributed by atoms with Crippen molar-refractivity contribution >= 4 is 116 Å². The molecule has 0 aliphatic heterocycles. The normalized spacial score (nSPS) is 13.2. The molecule has 0 atom stereocenters. The number of nitrogen functional groups attached to an aromatic ring is 2. The summed E-state index contributed by atoms with van der Waals surface area (Å²) in [7, 11) is -29.8. The van der Waals surface area contributed by atoms with E-state index in [0.717, 1.165) is 72.8 Å². The molecule has 0 fully saturated rings. The predicted molar refractivity (Wildman–Crippen MR) is 224 cm³/mol. The Kier molecular flexibility index (Phi) is 14.2. The first kappa shape index (κ1) is 51.1. The number of aryl methyl sites for hydroxylation is 2. The van der Waals surface area contributed by atoms with Crippen LogP contribution < -0.4 is 41.0 Å². The Morgan fingerprint density at radius 3 is 1.00 bits per heavy atom.